The van der Waals surface area contributed by atoms with Gasteiger partial charge in [0.15, 0.2) is 0 Å². The van der Waals surface area contributed by atoms with E-state index in [0.717, 1.165) is 0 Å². The second-order valence-electron chi connectivity index (χ2n) is 5.11. The van der Waals surface area contributed by atoms with Crippen molar-refractivity contribution in [2.75, 3.05) is 7.05 Å². The van der Waals surface area contributed by atoms with E-state index in [4.69, 9.17) is 0 Å². The van der Waals surface area contributed by atoms with Crippen LogP contribution in [0.5, 0.6) is 5.75 Å². The number of benzene rings is 1. The largest absolute Gasteiger partial charge is 0.573 e. The summed E-state index contributed by atoms with van der Waals surface area (Å²) in [7, 11) is 3.14. The summed E-state index contributed by atoms with van der Waals surface area (Å²) in [5.74, 6) is -0.657. The van der Waals surface area contributed by atoms with Crippen molar-refractivity contribution in [3.8, 4) is 5.75 Å². The van der Waals surface area contributed by atoms with E-state index in [-0.39, 0.29) is 23.8 Å². The van der Waals surface area contributed by atoms with Crippen molar-refractivity contribution >= 4 is 5.91 Å². The van der Waals surface area contributed by atoms with Crippen LogP contribution in [0.3, 0.4) is 0 Å². The molecule has 0 aliphatic carbocycles. The van der Waals surface area contributed by atoms with Crippen molar-refractivity contribution in [2.45, 2.75) is 19.8 Å². The molecule has 124 valence electrons. The number of rotatable bonds is 4. The number of hydrogen-bond acceptors (Lipinski definition) is 3. The average Bonchev–Trinajstić information content (AvgIpc) is 2.77. The van der Waals surface area contributed by atoms with Gasteiger partial charge in [-0.3, -0.25) is 9.48 Å². The third-order valence-electron chi connectivity index (χ3n) is 3.17. The van der Waals surface area contributed by atoms with Gasteiger partial charge in [-0.1, -0.05) is 18.2 Å². The number of alkyl halides is 3. The van der Waals surface area contributed by atoms with Gasteiger partial charge in [0.2, 0.25) is 0 Å². The lowest BCUT2D eigenvalue weighted by atomic mass is 10.2. The minimum absolute atomic E-state index is 0.0185. The molecule has 1 heterocycles. The van der Waals surface area contributed by atoms with Gasteiger partial charge in [0.25, 0.3) is 5.91 Å². The summed E-state index contributed by atoms with van der Waals surface area (Å²) in [4.78, 5) is 13.7. The van der Waals surface area contributed by atoms with Gasteiger partial charge in [-0.25, -0.2) is 0 Å². The van der Waals surface area contributed by atoms with Crippen LogP contribution in [0.15, 0.2) is 30.3 Å². The van der Waals surface area contributed by atoms with Gasteiger partial charge in [0.1, 0.15) is 11.4 Å². The highest BCUT2D eigenvalue weighted by Crippen LogP contribution is 2.27. The molecule has 23 heavy (non-hydrogen) atoms. The molecule has 0 aliphatic heterocycles. The summed E-state index contributed by atoms with van der Waals surface area (Å²) in [6.45, 7) is 1.73. The Balaban J connectivity index is 2.19. The van der Waals surface area contributed by atoms with E-state index in [1.165, 1.54) is 34.8 Å². The van der Waals surface area contributed by atoms with Crippen LogP contribution in [0.25, 0.3) is 0 Å². The Labute approximate surface area is 131 Å². The second kappa shape index (κ2) is 6.31. The predicted octanol–water partition coefficient (Wildman–Crippen LogP) is 2.90. The van der Waals surface area contributed by atoms with Crippen molar-refractivity contribution in [3.05, 3.63) is 47.3 Å². The molecule has 1 amide bonds. The maximum absolute atomic E-state index is 12.4. The Morgan fingerprint density at radius 1 is 1.35 bits per heavy atom. The first kappa shape index (κ1) is 16.9. The molecule has 8 heteroatoms. The lowest BCUT2D eigenvalue weighted by molar-refractivity contribution is -0.274. The molecule has 0 radical (unpaired) electrons. The van der Waals surface area contributed by atoms with E-state index in [0.29, 0.717) is 11.4 Å². The van der Waals surface area contributed by atoms with Gasteiger partial charge in [0, 0.05) is 26.2 Å². The second-order valence-corrected chi connectivity index (χ2v) is 5.11. The SMILES string of the molecule is Cc1cc(C(=O)N(C)Cc2ccccc2OC(F)(F)F)n(C)n1. The zero-order chi connectivity index (χ0) is 17.2. The molecule has 2 aromatic rings. The number of ether oxygens (including phenoxy) is 1. The smallest absolute Gasteiger partial charge is 0.405 e. The first-order chi connectivity index (χ1) is 10.7. The van der Waals surface area contributed by atoms with Gasteiger partial charge in [-0.2, -0.15) is 5.10 Å². The van der Waals surface area contributed by atoms with Crippen molar-refractivity contribution in [3.63, 3.8) is 0 Å². The Bertz CT molecular complexity index is 710. The summed E-state index contributed by atoms with van der Waals surface area (Å²) in [5.41, 5.74) is 1.31. The molecule has 0 N–H and O–H groups in total. The number of hydrogen-bond donors (Lipinski definition) is 0. The molecule has 0 saturated carbocycles. The standard InChI is InChI=1S/C15H16F3N3O2/c1-10-8-12(21(3)19-10)14(22)20(2)9-11-6-4-5-7-13(11)23-15(16,17)18/h4-8H,9H2,1-3H3. The minimum Gasteiger partial charge on any atom is -0.405 e. The summed E-state index contributed by atoms with van der Waals surface area (Å²) >= 11 is 0. The third kappa shape index (κ3) is 4.24. The summed E-state index contributed by atoms with van der Waals surface area (Å²) in [5, 5.41) is 4.08. The van der Waals surface area contributed by atoms with Gasteiger partial charge < -0.3 is 9.64 Å². The fourth-order valence-corrected chi connectivity index (χ4v) is 2.19. The van der Waals surface area contributed by atoms with Crippen LogP contribution in [0.4, 0.5) is 13.2 Å². The molecule has 2 rings (SSSR count). The van der Waals surface area contributed by atoms with Crippen molar-refractivity contribution in [1.82, 2.24) is 14.7 Å². The van der Waals surface area contributed by atoms with Crippen molar-refractivity contribution in [1.29, 1.82) is 0 Å². The van der Waals surface area contributed by atoms with Crippen LogP contribution in [-0.2, 0) is 13.6 Å². The molecule has 0 atom stereocenters. The molecule has 0 spiro atoms. The number of aryl methyl sites for hydroxylation is 2. The van der Waals surface area contributed by atoms with Crippen molar-refractivity contribution in [2.24, 2.45) is 7.05 Å². The number of carbonyl (C=O) groups excluding carboxylic acids is 1. The van der Waals surface area contributed by atoms with E-state index in [1.807, 2.05) is 0 Å². The number of halogens is 3. The highest BCUT2D eigenvalue weighted by atomic mass is 19.4. The number of carbonyl (C=O) groups is 1. The average molecular weight is 327 g/mol. The van der Waals surface area contributed by atoms with Crippen LogP contribution in [0.1, 0.15) is 21.7 Å². The zero-order valence-electron chi connectivity index (χ0n) is 12.9. The maximum Gasteiger partial charge on any atom is 0.573 e. The lowest BCUT2D eigenvalue weighted by Crippen LogP contribution is -2.28. The number of nitrogens with zero attached hydrogens (tertiary/aromatic N) is 3. The van der Waals surface area contributed by atoms with Crippen molar-refractivity contribution < 1.29 is 22.7 Å². The Morgan fingerprint density at radius 3 is 2.57 bits per heavy atom. The highest BCUT2D eigenvalue weighted by molar-refractivity contribution is 5.92. The van der Waals surface area contributed by atoms with Gasteiger partial charge in [-0.15, -0.1) is 13.2 Å². The first-order valence-corrected chi connectivity index (χ1v) is 6.77. The number of para-hydroxylation sites is 1. The summed E-state index contributed by atoms with van der Waals surface area (Å²) in [6, 6.07) is 7.35. The number of aromatic nitrogens is 2. The monoisotopic (exact) mass is 327 g/mol. The fraction of sp³-hybridized carbons (Fsp3) is 0.333. The lowest BCUT2D eigenvalue weighted by Gasteiger charge is -2.19. The molecule has 0 saturated heterocycles. The molecule has 0 aliphatic rings. The molecule has 0 unspecified atom stereocenters. The number of amides is 1. The maximum atomic E-state index is 12.4. The quantitative estimate of drug-likeness (QED) is 0.867. The van der Waals surface area contributed by atoms with E-state index >= 15 is 0 Å². The van der Waals surface area contributed by atoms with E-state index in [1.54, 1.807) is 26.1 Å². The van der Waals surface area contributed by atoms with E-state index in [2.05, 4.69) is 9.84 Å². The van der Waals surface area contributed by atoms with Crippen LogP contribution < -0.4 is 4.74 Å². The van der Waals surface area contributed by atoms with E-state index < -0.39 is 6.36 Å². The van der Waals surface area contributed by atoms with Crippen LogP contribution in [0.2, 0.25) is 0 Å². The third-order valence-corrected chi connectivity index (χ3v) is 3.17. The predicted molar refractivity (Wildman–Crippen MR) is 76.9 cm³/mol. The summed E-state index contributed by atoms with van der Waals surface area (Å²) < 4.78 is 42.7. The van der Waals surface area contributed by atoms with Crippen LogP contribution in [-0.4, -0.2) is 34.0 Å². The van der Waals surface area contributed by atoms with E-state index in [9.17, 15) is 18.0 Å². The molecular formula is C15H16F3N3O2. The molecule has 1 aromatic heterocycles. The summed E-state index contributed by atoms with van der Waals surface area (Å²) in [6.07, 6.45) is -4.78. The van der Waals surface area contributed by atoms with Gasteiger partial charge >= 0.3 is 6.36 Å². The molecule has 5 nitrogen and oxygen atoms in total. The first-order valence-electron chi connectivity index (χ1n) is 6.77. The van der Waals surface area contributed by atoms with Gasteiger partial charge in [0.05, 0.1) is 5.69 Å². The molecule has 1 aromatic carbocycles. The minimum atomic E-state index is -4.78. The zero-order valence-corrected chi connectivity index (χ0v) is 12.9. The van der Waals surface area contributed by atoms with Crippen LogP contribution >= 0.6 is 0 Å². The van der Waals surface area contributed by atoms with Crippen LogP contribution in [0, 0.1) is 6.92 Å². The normalized spacial score (nSPS) is 11.4. The van der Waals surface area contributed by atoms with Gasteiger partial charge in [-0.05, 0) is 19.1 Å². The topological polar surface area (TPSA) is 47.4 Å². The molecule has 0 bridgehead atoms. The Morgan fingerprint density at radius 2 is 2.00 bits per heavy atom. The fourth-order valence-electron chi connectivity index (χ4n) is 2.19. The highest BCUT2D eigenvalue weighted by Gasteiger charge is 2.32. The Kier molecular flexibility index (Phi) is 4.63. The molecule has 0 fully saturated rings. The molecular weight excluding hydrogens is 311 g/mol. The Hall–Kier alpha value is -2.51.